The molecule has 1 saturated heterocycles. The van der Waals surface area contributed by atoms with E-state index in [2.05, 4.69) is 35.2 Å². The fourth-order valence-corrected chi connectivity index (χ4v) is 10.7. The van der Waals surface area contributed by atoms with E-state index < -0.39 is 22.8 Å². The van der Waals surface area contributed by atoms with Gasteiger partial charge in [-0.1, -0.05) is 18.0 Å². The van der Waals surface area contributed by atoms with Crippen LogP contribution in [0.4, 0.5) is 8.78 Å². The Morgan fingerprint density at radius 2 is 1.74 bits per heavy atom. The number of aryl methyl sites for hydroxylation is 3. The first-order chi connectivity index (χ1) is 31.2. The molecular formula is C47H47F2N11O5. The van der Waals surface area contributed by atoms with Gasteiger partial charge in [0, 0.05) is 56.2 Å². The van der Waals surface area contributed by atoms with Crippen molar-refractivity contribution in [2.75, 3.05) is 13.2 Å². The van der Waals surface area contributed by atoms with Crippen LogP contribution in [0.15, 0.2) is 75.3 Å². The molecule has 0 radical (unpaired) electrons. The molecule has 18 heteroatoms. The molecule has 2 aromatic carbocycles. The molecule has 0 spiro atoms. The number of H-pyrrole nitrogens is 1. The summed E-state index contributed by atoms with van der Waals surface area (Å²) in [5.74, 6) is -1.04. The highest BCUT2D eigenvalue weighted by Gasteiger charge is 2.45. The number of ether oxygens (including phenoxy) is 1. The van der Waals surface area contributed by atoms with Crippen LogP contribution in [0.3, 0.4) is 0 Å². The summed E-state index contributed by atoms with van der Waals surface area (Å²) in [6, 6.07) is 10.6. The first-order valence-electron chi connectivity index (χ1n) is 22.0. The molecule has 16 nitrogen and oxygen atoms in total. The summed E-state index contributed by atoms with van der Waals surface area (Å²) in [6.07, 6.45) is 11.2. The van der Waals surface area contributed by atoms with Crippen LogP contribution >= 0.6 is 0 Å². The summed E-state index contributed by atoms with van der Waals surface area (Å²) in [4.78, 5) is 52.1. The highest BCUT2D eigenvalue weighted by atomic mass is 19.1. The highest BCUT2D eigenvalue weighted by molar-refractivity contribution is 5.98. The number of benzene rings is 2. The van der Waals surface area contributed by atoms with Crippen LogP contribution in [-0.2, 0) is 30.3 Å². The number of carbonyl (C=O) groups is 1. The lowest BCUT2D eigenvalue weighted by Crippen LogP contribution is -2.41. The largest absolute Gasteiger partial charge is 0.438 e. The second-order valence-electron chi connectivity index (χ2n) is 18.5. The zero-order valence-corrected chi connectivity index (χ0v) is 36.7. The van der Waals surface area contributed by atoms with Crippen LogP contribution in [0.1, 0.15) is 103 Å². The first-order valence-corrected chi connectivity index (χ1v) is 22.0. The van der Waals surface area contributed by atoms with Gasteiger partial charge in [-0.25, -0.2) is 28.0 Å². The summed E-state index contributed by atoms with van der Waals surface area (Å²) in [6.45, 7) is 8.51. The summed E-state index contributed by atoms with van der Waals surface area (Å²) >= 11 is 0. The zero-order chi connectivity index (χ0) is 45.1. The standard InChI is InChI=1S/C47H47F2N11O5/c1-26-18-31(19-27(2)38(26)48)60-41(58-16-15-57(45(58)63)36-9-8-35-32(39(36)49)24-51-55(35)5)33-25-56(14-10-34(33)53-60)42(61)37-21-29-20-30(28-11-17-64-46(3,4)22-28)23-50-40(29)59(37)47(12-6-7-13-47)43-52-44(62)65-54-43/h8-9,15-16,18-21,23-24,28H,6-7,10-14,17,22,25H2,1-5H3,(H,52,54,62)/t28-/m1/s1. The first kappa shape index (κ1) is 40.8. The van der Waals surface area contributed by atoms with Gasteiger partial charge in [0.15, 0.2) is 11.6 Å². The minimum atomic E-state index is -0.923. The van der Waals surface area contributed by atoms with Gasteiger partial charge in [-0.2, -0.15) is 10.2 Å². The highest BCUT2D eigenvalue weighted by Crippen LogP contribution is 2.45. The van der Waals surface area contributed by atoms with Gasteiger partial charge in [-0.3, -0.25) is 28.1 Å². The number of aromatic amines is 1. The number of carbonyl (C=O) groups excluding carboxylic acids is 1. The minimum Gasteiger partial charge on any atom is -0.376 e. The molecule has 8 heterocycles. The maximum Gasteiger partial charge on any atom is 0.438 e. The van der Waals surface area contributed by atoms with E-state index in [-0.39, 0.29) is 40.9 Å². The molecule has 0 unspecified atom stereocenters. The Morgan fingerprint density at radius 3 is 2.48 bits per heavy atom. The third-order valence-electron chi connectivity index (χ3n) is 13.9. The molecule has 8 aromatic rings. The number of amides is 1. The summed E-state index contributed by atoms with van der Waals surface area (Å²) < 4.78 is 50.0. The number of hydrogen-bond acceptors (Lipinski definition) is 9. The molecule has 2 fully saturated rings. The zero-order valence-electron chi connectivity index (χ0n) is 36.7. The quantitative estimate of drug-likeness (QED) is 0.181. The van der Waals surface area contributed by atoms with Crippen molar-refractivity contribution in [1.29, 1.82) is 0 Å². The number of nitrogens with one attached hydrogen (secondary N) is 1. The van der Waals surface area contributed by atoms with Crippen molar-refractivity contribution in [1.82, 2.24) is 53.3 Å². The van der Waals surface area contributed by atoms with Crippen molar-refractivity contribution < 1.29 is 22.8 Å². The molecule has 334 valence electrons. The van der Waals surface area contributed by atoms with Gasteiger partial charge < -0.3 is 14.2 Å². The predicted octanol–water partition coefficient (Wildman–Crippen LogP) is 6.81. The smallest absolute Gasteiger partial charge is 0.376 e. The van der Waals surface area contributed by atoms with Crippen LogP contribution in [0.25, 0.3) is 39.1 Å². The topological polar surface area (TPSA) is 169 Å². The molecule has 65 heavy (non-hydrogen) atoms. The van der Waals surface area contributed by atoms with E-state index in [1.807, 2.05) is 16.8 Å². The molecule has 0 bridgehead atoms. The average molecular weight is 884 g/mol. The number of hydrogen-bond donors (Lipinski definition) is 1. The molecule has 1 saturated carbocycles. The van der Waals surface area contributed by atoms with Crippen LogP contribution in [0.2, 0.25) is 0 Å². The second-order valence-corrected chi connectivity index (χ2v) is 18.5. The maximum atomic E-state index is 16.1. The van der Waals surface area contributed by atoms with Crippen LogP contribution in [0, 0.1) is 25.5 Å². The Kier molecular flexibility index (Phi) is 9.29. The van der Waals surface area contributed by atoms with Crippen molar-refractivity contribution >= 4 is 27.8 Å². The van der Waals surface area contributed by atoms with E-state index in [9.17, 15) is 9.59 Å². The van der Waals surface area contributed by atoms with Gasteiger partial charge in [0.25, 0.3) is 5.91 Å². The molecule has 1 aliphatic carbocycles. The summed E-state index contributed by atoms with van der Waals surface area (Å²) in [5.41, 5.74) is 3.42. The van der Waals surface area contributed by atoms with Crippen molar-refractivity contribution in [2.45, 2.75) is 96.2 Å². The monoisotopic (exact) mass is 883 g/mol. The molecule has 1 N–H and O–H groups in total. The number of fused-ring (bicyclic) bond motifs is 3. The van der Waals surface area contributed by atoms with Gasteiger partial charge >= 0.3 is 11.4 Å². The van der Waals surface area contributed by atoms with Gasteiger partial charge in [-0.15, -0.1) is 0 Å². The number of aromatic nitrogens is 10. The van der Waals surface area contributed by atoms with Crippen LogP contribution in [0.5, 0.6) is 0 Å². The maximum absolute atomic E-state index is 16.1. The van der Waals surface area contributed by atoms with Crippen molar-refractivity contribution in [3.05, 3.63) is 133 Å². The molecule has 1 atom stereocenters. The van der Waals surface area contributed by atoms with Gasteiger partial charge in [0.1, 0.15) is 28.5 Å². The Bertz CT molecular complexity index is 3330. The molecular weight excluding hydrogens is 837 g/mol. The molecule has 6 aromatic heterocycles. The molecule has 2 aliphatic heterocycles. The van der Waals surface area contributed by atoms with Gasteiger partial charge in [-0.05, 0) is 112 Å². The predicted molar refractivity (Wildman–Crippen MR) is 235 cm³/mol. The fourth-order valence-electron chi connectivity index (χ4n) is 10.7. The molecule has 11 rings (SSSR count). The Labute approximate surface area is 370 Å². The third kappa shape index (κ3) is 6.42. The summed E-state index contributed by atoms with van der Waals surface area (Å²) in [5, 5.41) is 14.5. The lowest BCUT2D eigenvalue weighted by Gasteiger charge is -2.35. The van der Waals surface area contributed by atoms with Crippen molar-refractivity contribution in [3.8, 4) is 17.2 Å². The normalized spacial score (nSPS) is 18.3. The number of nitrogens with zero attached hydrogens (tertiary/aromatic N) is 10. The molecule has 1 amide bonds. The lowest BCUT2D eigenvalue weighted by atomic mass is 9.84. The Morgan fingerprint density at radius 1 is 0.969 bits per heavy atom. The van der Waals surface area contributed by atoms with Crippen LogP contribution < -0.4 is 11.4 Å². The number of rotatable bonds is 7. The SMILES string of the molecule is Cc1cc(-n2nc3c(c2-n2ccn(-c4ccc5c(cnn5C)c4F)c2=O)CN(C(=O)c2cc4cc([C@@H]5CCOC(C)(C)C5)cnc4n2C2(c4noc(=O)[nH]4)CCCC2)CC3)cc(C)c1F. The van der Waals surface area contributed by atoms with Crippen molar-refractivity contribution in [3.63, 3.8) is 0 Å². The Balaban J connectivity index is 1.05. The minimum absolute atomic E-state index is 0.0406. The van der Waals surface area contributed by atoms with Crippen LogP contribution in [-0.4, -0.2) is 77.9 Å². The van der Waals surface area contributed by atoms with Gasteiger partial charge in [0.05, 0.1) is 46.3 Å². The van der Waals surface area contributed by atoms with E-state index in [0.29, 0.717) is 89.0 Å². The lowest BCUT2D eigenvalue weighted by molar-refractivity contribution is -0.0593. The van der Waals surface area contributed by atoms with Gasteiger partial charge in [0.2, 0.25) is 0 Å². The number of pyridine rings is 1. The fraction of sp³-hybridized carbons (Fsp3) is 0.383. The van der Waals surface area contributed by atoms with E-state index >= 15 is 13.6 Å². The number of imidazole rings is 1. The number of halogens is 2. The Hall–Kier alpha value is -6.95. The average Bonchev–Trinajstić information content (AvgIpc) is 4.16. The molecule has 3 aliphatic rings. The van der Waals surface area contributed by atoms with Crippen molar-refractivity contribution in [2.24, 2.45) is 7.05 Å². The van der Waals surface area contributed by atoms with E-state index in [0.717, 1.165) is 36.6 Å². The van der Waals surface area contributed by atoms with E-state index in [1.54, 1.807) is 59.6 Å². The second kappa shape index (κ2) is 14.8. The summed E-state index contributed by atoms with van der Waals surface area (Å²) in [7, 11) is 1.72. The third-order valence-corrected chi connectivity index (χ3v) is 13.9. The van der Waals surface area contributed by atoms with E-state index in [1.165, 1.54) is 27.6 Å². The van der Waals surface area contributed by atoms with E-state index in [4.69, 9.17) is 19.3 Å².